The predicted molar refractivity (Wildman–Crippen MR) is 82.1 cm³/mol. The van der Waals surface area contributed by atoms with Gasteiger partial charge in [-0.25, -0.2) is 0 Å². The molecule has 0 saturated heterocycles. The lowest BCUT2D eigenvalue weighted by Crippen LogP contribution is -2.32. The molecule has 0 amide bonds. The topological polar surface area (TPSA) is 20.3 Å². The van der Waals surface area contributed by atoms with E-state index in [1.165, 1.54) is 30.6 Å². The number of nitrogens with zero attached hydrogens (tertiary/aromatic N) is 1. The number of carbonyl (C=O) groups excluding carboxylic acids is 1. The van der Waals surface area contributed by atoms with Gasteiger partial charge < -0.3 is 0 Å². The van der Waals surface area contributed by atoms with E-state index in [1.54, 1.807) is 11.8 Å². The first-order valence-corrected chi connectivity index (χ1v) is 8.38. The van der Waals surface area contributed by atoms with Gasteiger partial charge in [0, 0.05) is 16.5 Å². The number of hydrogen-bond acceptors (Lipinski definition) is 3. The Labute approximate surface area is 120 Å². The van der Waals surface area contributed by atoms with Crippen LogP contribution in [0.5, 0.6) is 0 Å². The Hall–Kier alpha value is -0.800. The van der Waals surface area contributed by atoms with Gasteiger partial charge in [0.25, 0.3) is 0 Å². The quantitative estimate of drug-likeness (QED) is 0.531. The number of carbonyl (C=O) groups is 1. The molecule has 0 atom stereocenters. The predicted octanol–water partition coefficient (Wildman–Crippen LogP) is 3.86. The number of benzene rings is 1. The second-order valence-electron chi connectivity index (χ2n) is 5.21. The normalized spacial score (nSPS) is 14.9. The molecule has 0 aliphatic heterocycles. The molecular weight excluding hydrogens is 254 g/mol. The summed E-state index contributed by atoms with van der Waals surface area (Å²) >= 11 is 1.71. The molecule has 104 valence electrons. The fourth-order valence-corrected chi connectivity index (χ4v) is 2.65. The van der Waals surface area contributed by atoms with Gasteiger partial charge >= 0.3 is 0 Å². The molecule has 2 rings (SSSR count). The first-order chi connectivity index (χ1) is 9.24. The molecule has 2 nitrogen and oxygen atoms in total. The van der Waals surface area contributed by atoms with Gasteiger partial charge in [0.05, 0.1) is 6.54 Å². The average molecular weight is 277 g/mol. The summed E-state index contributed by atoms with van der Waals surface area (Å²) in [4.78, 5) is 15.9. The van der Waals surface area contributed by atoms with Crippen molar-refractivity contribution in [3.63, 3.8) is 0 Å². The highest BCUT2D eigenvalue weighted by atomic mass is 32.2. The Morgan fingerprint density at radius 1 is 1.32 bits per heavy atom. The molecule has 1 aromatic rings. The smallest absolute Gasteiger partial charge is 0.176 e. The molecule has 0 heterocycles. The van der Waals surface area contributed by atoms with Crippen molar-refractivity contribution in [1.82, 2.24) is 4.90 Å². The van der Waals surface area contributed by atoms with E-state index in [4.69, 9.17) is 0 Å². The summed E-state index contributed by atoms with van der Waals surface area (Å²) in [5.41, 5.74) is 0.847. The Morgan fingerprint density at radius 2 is 2.00 bits per heavy atom. The number of Topliss-reactive ketones (excluding diaryl/α,β-unsaturated/α-hetero) is 1. The average Bonchev–Trinajstić information content (AvgIpc) is 3.28. The molecule has 1 aliphatic carbocycles. The number of ketones is 1. The van der Waals surface area contributed by atoms with Crippen LogP contribution in [0.25, 0.3) is 0 Å². The number of thioether (sulfide) groups is 1. The summed E-state index contributed by atoms with van der Waals surface area (Å²) in [6.07, 6.45) is 6.97. The zero-order valence-corrected chi connectivity index (χ0v) is 12.7. The van der Waals surface area contributed by atoms with Crippen molar-refractivity contribution >= 4 is 17.5 Å². The first-order valence-electron chi connectivity index (χ1n) is 7.16. The first kappa shape index (κ1) is 14.6. The molecule has 1 aromatic carbocycles. The van der Waals surface area contributed by atoms with Gasteiger partial charge in [-0.1, -0.05) is 25.5 Å². The Morgan fingerprint density at radius 3 is 2.53 bits per heavy atom. The maximum atomic E-state index is 12.3. The van der Waals surface area contributed by atoms with Crippen LogP contribution in [0, 0.1) is 0 Å². The van der Waals surface area contributed by atoms with E-state index < -0.39 is 0 Å². The Bertz CT molecular complexity index is 411. The van der Waals surface area contributed by atoms with Crippen molar-refractivity contribution in [3.05, 3.63) is 29.8 Å². The van der Waals surface area contributed by atoms with E-state index in [2.05, 4.69) is 18.1 Å². The minimum absolute atomic E-state index is 0.260. The number of rotatable bonds is 8. The standard InChI is InChI=1S/C16H23NOS/c1-3-4-11-17(14-7-8-14)12-16(18)13-5-9-15(19-2)10-6-13/h5-6,9-10,14H,3-4,7-8,11-12H2,1-2H3. The lowest BCUT2D eigenvalue weighted by atomic mass is 10.1. The maximum absolute atomic E-state index is 12.3. The summed E-state index contributed by atoms with van der Waals surface area (Å²) in [5.74, 6) is 0.260. The van der Waals surface area contributed by atoms with Crippen LogP contribution in [0.15, 0.2) is 29.2 Å². The van der Waals surface area contributed by atoms with E-state index in [-0.39, 0.29) is 5.78 Å². The third-order valence-electron chi connectivity index (χ3n) is 3.62. The van der Waals surface area contributed by atoms with Crippen LogP contribution in [0.2, 0.25) is 0 Å². The van der Waals surface area contributed by atoms with Crippen molar-refractivity contribution in [1.29, 1.82) is 0 Å². The Balaban J connectivity index is 1.93. The third kappa shape index (κ3) is 4.36. The zero-order valence-electron chi connectivity index (χ0n) is 11.9. The highest BCUT2D eigenvalue weighted by Crippen LogP contribution is 2.27. The summed E-state index contributed by atoms with van der Waals surface area (Å²) in [6.45, 7) is 3.85. The van der Waals surface area contributed by atoms with Gasteiger partial charge in [-0.3, -0.25) is 9.69 Å². The van der Waals surface area contributed by atoms with E-state index in [0.29, 0.717) is 12.6 Å². The van der Waals surface area contributed by atoms with Gasteiger partial charge in [0.1, 0.15) is 0 Å². The summed E-state index contributed by atoms with van der Waals surface area (Å²) in [6, 6.07) is 8.65. The summed E-state index contributed by atoms with van der Waals surface area (Å²) in [5, 5.41) is 0. The van der Waals surface area contributed by atoms with Gasteiger partial charge in [-0.15, -0.1) is 11.8 Å². The van der Waals surface area contributed by atoms with Crippen LogP contribution in [0.3, 0.4) is 0 Å². The third-order valence-corrected chi connectivity index (χ3v) is 4.36. The second-order valence-corrected chi connectivity index (χ2v) is 6.09. The molecule has 0 aromatic heterocycles. The van der Waals surface area contributed by atoms with Crippen molar-refractivity contribution in [2.24, 2.45) is 0 Å². The molecule has 0 N–H and O–H groups in total. The zero-order chi connectivity index (χ0) is 13.7. The van der Waals surface area contributed by atoms with Gasteiger partial charge in [0.15, 0.2) is 5.78 Å². The molecule has 19 heavy (non-hydrogen) atoms. The van der Waals surface area contributed by atoms with Crippen molar-refractivity contribution in [3.8, 4) is 0 Å². The van der Waals surface area contributed by atoms with Gasteiger partial charge in [0.2, 0.25) is 0 Å². The SMILES string of the molecule is CCCCN(CC(=O)c1ccc(SC)cc1)C1CC1. The minimum atomic E-state index is 0.260. The fourth-order valence-electron chi connectivity index (χ4n) is 2.24. The van der Waals surface area contributed by atoms with Crippen LogP contribution in [0.4, 0.5) is 0 Å². The van der Waals surface area contributed by atoms with Crippen LogP contribution in [-0.2, 0) is 0 Å². The second kappa shape index (κ2) is 7.11. The lowest BCUT2D eigenvalue weighted by Gasteiger charge is -2.20. The molecule has 1 saturated carbocycles. The summed E-state index contributed by atoms with van der Waals surface area (Å²) < 4.78 is 0. The van der Waals surface area contributed by atoms with E-state index in [9.17, 15) is 4.79 Å². The molecule has 3 heteroatoms. The number of hydrogen-bond donors (Lipinski definition) is 0. The van der Waals surface area contributed by atoms with Gasteiger partial charge in [-0.2, -0.15) is 0 Å². The van der Waals surface area contributed by atoms with E-state index in [0.717, 1.165) is 12.1 Å². The van der Waals surface area contributed by atoms with E-state index in [1.807, 2.05) is 24.3 Å². The molecule has 1 fully saturated rings. The molecule has 0 radical (unpaired) electrons. The summed E-state index contributed by atoms with van der Waals surface area (Å²) in [7, 11) is 0. The van der Waals surface area contributed by atoms with Crippen molar-refractivity contribution in [2.75, 3.05) is 19.3 Å². The van der Waals surface area contributed by atoms with Crippen LogP contribution in [0.1, 0.15) is 43.0 Å². The number of unbranched alkanes of at least 4 members (excludes halogenated alkanes) is 1. The highest BCUT2D eigenvalue weighted by Gasteiger charge is 2.29. The molecule has 1 aliphatic rings. The Kier molecular flexibility index (Phi) is 5.46. The van der Waals surface area contributed by atoms with E-state index >= 15 is 0 Å². The molecule has 0 spiro atoms. The monoisotopic (exact) mass is 277 g/mol. The molecular formula is C16H23NOS. The lowest BCUT2D eigenvalue weighted by molar-refractivity contribution is 0.0923. The van der Waals surface area contributed by atoms with Crippen molar-refractivity contribution in [2.45, 2.75) is 43.5 Å². The fraction of sp³-hybridized carbons (Fsp3) is 0.562. The maximum Gasteiger partial charge on any atom is 0.176 e. The molecule has 0 bridgehead atoms. The largest absolute Gasteiger partial charge is 0.293 e. The molecule has 0 unspecified atom stereocenters. The van der Waals surface area contributed by atoms with Crippen molar-refractivity contribution < 1.29 is 4.79 Å². The highest BCUT2D eigenvalue weighted by molar-refractivity contribution is 7.98. The van der Waals surface area contributed by atoms with Gasteiger partial charge in [-0.05, 0) is 44.2 Å². The van der Waals surface area contributed by atoms with Crippen LogP contribution >= 0.6 is 11.8 Å². The minimum Gasteiger partial charge on any atom is -0.293 e. The van der Waals surface area contributed by atoms with Crippen LogP contribution in [-0.4, -0.2) is 36.1 Å². The van der Waals surface area contributed by atoms with Crippen LogP contribution < -0.4 is 0 Å².